The number of nitrogens with zero attached hydrogens (tertiary/aromatic N) is 3. The van der Waals surface area contributed by atoms with Crippen molar-refractivity contribution < 1.29 is 22.7 Å². The van der Waals surface area contributed by atoms with Crippen LogP contribution in [0.3, 0.4) is 0 Å². The van der Waals surface area contributed by atoms with Gasteiger partial charge in [0.05, 0.1) is 35.4 Å². The van der Waals surface area contributed by atoms with Crippen LogP contribution < -0.4 is 10.2 Å². The number of thiophene rings is 1. The van der Waals surface area contributed by atoms with Crippen LogP contribution in [0.25, 0.3) is 10.2 Å². The number of amides is 1. The van der Waals surface area contributed by atoms with Crippen molar-refractivity contribution in [2.45, 2.75) is 42.6 Å². The van der Waals surface area contributed by atoms with Crippen molar-refractivity contribution in [3.63, 3.8) is 0 Å². The van der Waals surface area contributed by atoms with E-state index >= 15 is 0 Å². The largest absolute Gasteiger partial charge is 0.416 e. The number of aromatic nitrogens is 2. The number of benzene rings is 1. The molecule has 0 radical (unpaired) electrons. The summed E-state index contributed by atoms with van der Waals surface area (Å²) in [7, 11) is 0. The molecule has 11 heteroatoms. The average molecular weight is 509 g/mol. The van der Waals surface area contributed by atoms with Crippen LogP contribution in [0.5, 0.6) is 0 Å². The van der Waals surface area contributed by atoms with E-state index in [0.29, 0.717) is 32.0 Å². The summed E-state index contributed by atoms with van der Waals surface area (Å²) in [6.07, 6.45) is 0.117. The molecule has 180 valence electrons. The number of morpholine rings is 1. The summed E-state index contributed by atoms with van der Waals surface area (Å²) in [6, 6.07) is 3.48. The SMILES string of the molecule is C[C@H](Sc1ncnc2sc3c(c12)CCC3)C(=O)Nc1cc(C(F)(F)F)ccc1N1CCOCC1. The molecule has 34 heavy (non-hydrogen) atoms. The van der Waals surface area contributed by atoms with E-state index in [1.54, 1.807) is 18.3 Å². The Kier molecular flexibility index (Phi) is 6.43. The molecule has 1 amide bonds. The van der Waals surface area contributed by atoms with Gasteiger partial charge in [-0.25, -0.2) is 9.97 Å². The minimum absolute atomic E-state index is 0.151. The number of aryl methyl sites for hydroxylation is 2. The number of thioether (sulfide) groups is 1. The fourth-order valence-electron chi connectivity index (χ4n) is 4.34. The number of carbonyl (C=O) groups is 1. The lowest BCUT2D eigenvalue weighted by molar-refractivity contribution is -0.137. The standard InChI is InChI=1S/C23H23F3N4O2S2/c1-13(33-21-19-15-3-2-4-18(15)34-22(19)28-12-27-21)20(31)29-16-11-14(23(24,25)26)5-6-17(16)30-7-9-32-10-8-30/h5-6,11-13H,2-4,7-10H2,1H3,(H,29,31)/t13-/m0/s1. The molecule has 5 rings (SSSR count). The van der Waals surface area contributed by atoms with Gasteiger partial charge < -0.3 is 15.0 Å². The van der Waals surface area contributed by atoms with Gasteiger partial charge in [-0.2, -0.15) is 13.2 Å². The summed E-state index contributed by atoms with van der Waals surface area (Å²) < 4.78 is 45.5. The van der Waals surface area contributed by atoms with E-state index in [-0.39, 0.29) is 11.6 Å². The van der Waals surface area contributed by atoms with Gasteiger partial charge in [0, 0.05) is 23.4 Å². The molecule has 0 saturated carbocycles. The maximum atomic E-state index is 13.4. The van der Waals surface area contributed by atoms with Crippen LogP contribution in [0.1, 0.15) is 29.3 Å². The molecular formula is C23H23F3N4O2S2. The highest BCUT2D eigenvalue weighted by Crippen LogP contribution is 2.41. The van der Waals surface area contributed by atoms with Crippen molar-refractivity contribution in [1.82, 2.24) is 9.97 Å². The molecule has 1 aromatic carbocycles. The van der Waals surface area contributed by atoms with Crippen LogP contribution >= 0.6 is 23.1 Å². The van der Waals surface area contributed by atoms with Crippen molar-refractivity contribution in [3.05, 3.63) is 40.5 Å². The van der Waals surface area contributed by atoms with E-state index in [2.05, 4.69) is 15.3 Å². The fraction of sp³-hybridized carbons (Fsp3) is 0.435. The third-order valence-electron chi connectivity index (χ3n) is 6.06. The zero-order chi connectivity index (χ0) is 23.9. The smallest absolute Gasteiger partial charge is 0.378 e. The van der Waals surface area contributed by atoms with Gasteiger partial charge in [-0.3, -0.25) is 4.79 Å². The predicted octanol–water partition coefficient (Wildman–Crippen LogP) is 5.15. The second-order valence-electron chi connectivity index (χ2n) is 8.29. The van der Waals surface area contributed by atoms with Gasteiger partial charge in [0.15, 0.2) is 0 Å². The molecule has 1 fully saturated rings. The number of ether oxygens (including phenoxy) is 1. The first kappa shape index (κ1) is 23.4. The number of anilines is 2. The molecule has 0 spiro atoms. The maximum absolute atomic E-state index is 13.4. The van der Waals surface area contributed by atoms with Crippen molar-refractivity contribution in [1.29, 1.82) is 0 Å². The molecule has 1 aliphatic heterocycles. The van der Waals surface area contributed by atoms with Gasteiger partial charge in [0.25, 0.3) is 0 Å². The molecule has 0 bridgehead atoms. The summed E-state index contributed by atoms with van der Waals surface area (Å²) in [5.41, 5.74) is 1.18. The minimum atomic E-state index is -4.50. The quantitative estimate of drug-likeness (QED) is 0.380. The third kappa shape index (κ3) is 4.60. The van der Waals surface area contributed by atoms with Crippen molar-refractivity contribution in [3.8, 4) is 0 Å². The first-order chi connectivity index (χ1) is 16.3. The number of halogens is 3. The second kappa shape index (κ2) is 9.35. The van der Waals surface area contributed by atoms with Crippen LogP contribution in [0.2, 0.25) is 0 Å². The molecule has 2 aliphatic rings. The molecule has 1 saturated heterocycles. The van der Waals surface area contributed by atoms with E-state index in [1.807, 2.05) is 4.90 Å². The van der Waals surface area contributed by atoms with Crippen LogP contribution in [-0.2, 0) is 28.5 Å². The molecule has 1 atom stereocenters. The summed E-state index contributed by atoms with van der Waals surface area (Å²) in [5, 5.41) is 3.94. The Bertz CT molecular complexity index is 1220. The van der Waals surface area contributed by atoms with Gasteiger partial charge in [-0.05, 0) is 49.9 Å². The zero-order valence-electron chi connectivity index (χ0n) is 18.4. The summed E-state index contributed by atoms with van der Waals surface area (Å²) in [6.45, 7) is 3.79. The Morgan fingerprint density at radius 3 is 2.79 bits per heavy atom. The number of nitrogens with one attached hydrogen (secondary N) is 1. The molecule has 0 unspecified atom stereocenters. The van der Waals surface area contributed by atoms with Crippen molar-refractivity contribution >= 4 is 50.6 Å². The highest BCUT2D eigenvalue weighted by atomic mass is 32.2. The lowest BCUT2D eigenvalue weighted by Gasteiger charge is -2.31. The molecule has 6 nitrogen and oxygen atoms in total. The maximum Gasteiger partial charge on any atom is 0.416 e. The Hall–Kier alpha value is -2.37. The van der Waals surface area contributed by atoms with Gasteiger partial charge in [-0.15, -0.1) is 11.3 Å². The van der Waals surface area contributed by atoms with Gasteiger partial charge >= 0.3 is 6.18 Å². The van der Waals surface area contributed by atoms with Gasteiger partial charge in [0.2, 0.25) is 5.91 Å². The molecule has 1 aliphatic carbocycles. The normalized spacial score (nSPS) is 17.1. The van der Waals surface area contributed by atoms with Crippen LogP contribution in [0.4, 0.5) is 24.5 Å². The molecule has 2 aromatic heterocycles. The van der Waals surface area contributed by atoms with E-state index in [1.165, 1.54) is 34.6 Å². The third-order valence-corrected chi connectivity index (χ3v) is 8.36. The minimum Gasteiger partial charge on any atom is -0.378 e. The van der Waals surface area contributed by atoms with Crippen molar-refractivity contribution in [2.24, 2.45) is 0 Å². The van der Waals surface area contributed by atoms with Crippen LogP contribution in [-0.4, -0.2) is 47.4 Å². The topological polar surface area (TPSA) is 67.4 Å². The monoisotopic (exact) mass is 508 g/mol. The van der Waals surface area contributed by atoms with E-state index in [0.717, 1.165) is 46.6 Å². The molecular weight excluding hydrogens is 485 g/mol. The van der Waals surface area contributed by atoms with E-state index in [9.17, 15) is 18.0 Å². The number of carbonyl (C=O) groups excluding carboxylic acids is 1. The Morgan fingerprint density at radius 1 is 1.24 bits per heavy atom. The van der Waals surface area contributed by atoms with Gasteiger partial charge in [0.1, 0.15) is 16.2 Å². The van der Waals surface area contributed by atoms with E-state index < -0.39 is 17.0 Å². The van der Waals surface area contributed by atoms with Gasteiger partial charge in [-0.1, -0.05) is 11.8 Å². The number of fused-ring (bicyclic) bond motifs is 3. The Balaban J connectivity index is 1.40. The number of alkyl halides is 3. The summed E-state index contributed by atoms with van der Waals surface area (Å²) >= 11 is 2.98. The predicted molar refractivity (Wildman–Crippen MR) is 128 cm³/mol. The first-order valence-electron chi connectivity index (χ1n) is 11.1. The fourth-order valence-corrected chi connectivity index (χ4v) is 6.58. The molecule has 3 aromatic rings. The van der Waals surface area contributed by atoms with Crippen LogP contribution in [0, 0.1) is 0 Å². The number of hydrogen-bond donors (Lipinski definition) is 1. The first-order valence-corrected chi connectivity index (χ1v) is 12.8. The molecule has 3 heterocycles. The molecule has 1 N–H and O–H groups in total. The lowest BCUT2D eigenvalue weighted by atomic mass is 10.1. The highest BCUT2D eigenvalue weighted by Gasteiger charge is 2.32. The zero-order valence-corrected chi connectivity index (χ0v) is 20.1. The van der Waals surface area contributed by atoms with Crippen LogP contribution in [0.15, 0.2) is 29.6 Å². The van der Waals surface area contributed by atoms with Crippen molar-refractivity contribution in [2.75, 3.05) is 36.5 Å². The van der Waals surface area contributed by atoms with E-state index in [4.69, 9.17) is 4.74 Å². The highest BCUT2D eigenvalue weighted by molar-refractivity contribution is 8.00. The summed E-state index contributed by atoms with van der Waals surface area (Å²) in [5.74, 6) is -0.377. The second-order valence-corrected chi connectivity index (χ2v) is 10.7. The lowest BCUT2D eigenvalue weighted by Crippen LogP contribution is -2.37. The Morgan fingerprint density at radius 2 is 2.03 bits per heavy atom. The number of hydrogen-bond acceptors (Lipinski definition) is 7. The Labute approximate surface area is 202 Å². The average Bonchev–Trinajstić information content (AvgIpc) is 3.40. The summed E-state index contributed by atoms with van der Waals surface area (Å²) in [4.78, 5) is 26.1. The number of rotatable bonds is 5.